The molecule has 0 bridgehead atoms. The number of allylic oxidation sites excluding steroid dienone is 4. The van der Waals surface area contributed by atoms with Crippen LogP contribution in [-0.4, -0.2) is 3.71 Å². The molecule has 1 atom stereocenters. The summed E-state index contributed by atoms with van der Waals surface area (Å²) in [6.07, 6.45) is 5.71. The molecule has 0 aromatic heterocycles. The van der Waals surface area contributed by atoms with Crippen LogP contribution in [0.5, 0.6) is 0 Å². The van der Waals surface area contributed by atoms with Gasteiger partial charge in [0.25, 0.3) is 0 Å². The van der Waals surface area contributed by atoms with Crippen LogP contribution in [0.15, 0.2) is 114 Å². The van der Waals surface area contributed by atoms with E-state index in [1.54, 1.807) is 0 Å². The van der Waals surface area contributed by atoms with Crippen molar-refractivity contribution < 1.29 is 49.0 Å². The number of halogens is 2. The molecule has 194 valence electrons. The van der Waals surface area contributed by atoms with Crippen LogP contribution in [0.2, 0.25) is 0 Å². The van der Waals surface area contributed by atoms with Gasteiger partial charge in [0.05, 0.1) is 0 Å². The van der Waals surface area contributed by atoms with Gasteiger partial charge in [-0.1, -0.05) is 82.3 Å². The van der Waals surface area contributed by atoms with E-state index in [0.717, 1.165) is 0 Å². The van der Waals surface area contributed by atoms with E-state index >= 15 is 0 Å². The fourth-order valence-electron chi connectivity index (χ4n) is 4.93. The Morgan fingerprint density at radius 1 is 0.737 bits per heavy atom. The molecule has 0 radical (unpaired) electrons. The van der Waals surface area contributed by atoms with E-state index in [1.165, 1.54) is 73.3 Å². The Morgan fingerprint density at radius 2 is 1.24 bits per heavy atom. The van der Waals surface area contributed by atoms with Gasteiger partial charge in [-0.3, -0.25) is 6.08 Å². The summed E-state index contributed by atoms with van der Waals surface area (Å²) in [5.41, 5.74) is 4.45. The normalized spacial score (nSPS) is 14.2. The van der Waals surface area contributed by atoms with Gasteiger partial charge in [-0.05, 0) is 0 Å². The molecule has 38 heavy (non-hydrogen) atoms. The number of hydrogen-bond donors (Lipinski definition) is 0. The average Bonchev–Trinajstić information content (AvgIpc) is 3.43. The van der Waals surface area contributed by atoms with Gasteiger partial charge >= 0.3 is 86.7 Å². The molecule has 0 nitrogen and oxygen atoms in total. The Morgan fingerprint density at radius 3 is 1.71 bits per heavy atom. The van der Waals surface area contributed by atoms with Crippen LogP contribution in [0, 0.1) is 17.4 Å². The smallest absolute Gasteiger partial charge is 0.0771 e. The van der Waals surface area contributed by atoms with Crippen molar-refractivity contribution in [1.82, 2.24) is 0 Å². The first-order valence-electron chi connectivity index (χ1n) is 12.6. The minimum absolute atomic E-state index is 0. The zero-order valence-corrected chi connectivity index (χ0v) is 26.7. The van der Waals surface area contributed by atoms with E-state index in [4.69, 9.17) is 0 Å². The van der Waals surface area contributed by atoms with E-state index in [-0.39, 0.29) is 24.8 Å². The third kappa shape index (κ3) is 7.69. The van der Waals surface area contributed by atoms with Crippen molar-refractivity contribution in [3.05, 3.63) is 126 Å². The molecule has 0 saturated heterocycles. The Bertz CT molecular complexity index is 1510. The van der Waals surface area contributed by atoms with Crippen molar-refractivity contribution in [3.8, 4) is 0 Å². The van der Waals surface area contributed by atoms with Crippen molar-refractivity contribution in [2.45, 2.75) is 34.6 Å². The molecular formula is C35H34Cl2Zr-2. The summed E-state index contributed by atoms with van der Waals surface area (Å²) < 4.78 is 2.23. The molecule has 1 unspecified atom stereocenters. The summed E-state index contributed by atoms with van der Waals surface area (Å²) in [6.45, 7) is 11.1. The maximum Gasteiger partial charge on any atom is -0.0771 e. The Balaban J connectivity index is 0.000000196. The second kappa shape index (κ2) is 14.3. The van der Waals surface area contributed by atoms with Crippen LogP contribution in [0.4, 0.5) is 0 Å². The second-order valence-corrected chi connectivity index (χ2v) is 11.1. The second-order valence-electron chi connectivity index (χ2n) is 10.4. The van der Waals surface area contributed by atoms with Crippen molar-refractivity contribution in [2.75, 3.05) is 0 Å². The molecule has 1 aliphatic rings. The first-order valence-corrected chi connectivity index (χ1v) is 14.0. The summed E-state index contributed by atoms with van der Waals surface area (Å²) in [7, 11) is 0. The molecule has 3 heteroatoms. The van der Waals surface area contributed by atoms with Crippen LogP contribution in [0.3, 0.4) is 0 Å². The first kappa shape index (κ1) is 32.0. The third-order valence-electron chi connectivity index (χ3n) is 6.57. The largest absolute Gasteiger partial charge is 0.126 e. The van der Waals surface area contributed by atoms with Crippen LogP contribution in [0.25, 0.3) is 32.3 Å². The summed E-state index contributed by atoms with van der Waals surface area (Å²) >= 11 is 1.46. The molecule has 0 spiro atoms. The van der Waals surface area contributed by atoms with E-state index in [2.05, 4.69) is 148 Å². The fraction of sp³-hybridized carbons (Fsp3) is 0.200. The minimum atomic E-state index is 0. The maximum atomic E-state index is 3.40. The number of benzene rings is 4. The van der Waals surface area contributed by atoms with Gasteiger partial charge in [-0.25, -0.2) is 5.57 Å². The molecule has 0 aliphatic heterocycles. The van der Waals surface area contributed by atoms with E-state index in [0.29, 0.717) is 11.3 Å². The summed E-state index contributed by atoms with van der Waals surface area (Å²) in [5.74, 6) is 0.518. The molecule has 0 heterocycles. The third-order valence-corrected chi connectivity index (χ3v) is 7.34. The van der Waals surface area contributed by atoms with Crippen molar-refractivity contribution in [2.24, 2.45) is 11.3 Å². The molecule has 0 saturated carbocycles. The Hall–Kier alpha value is -2.18. The van der Waals surface area contributed by atoms with Crippen LogP contribution in [0.1, 0.15) is 40.2 Å². The average molecular weight is 617 g/mol. The zero-order chi connectivity index (χ0) is 25.7. The van der Waals surface area contributed by atoms with Gasteiger partial charge in [-0.15, -0.1) is 39.7 Å². The Kier molecular flexibility index (Phi) is 12.0. The van der Waals surface area contributed by atoms with Crippen molar-refractivity contribution in [1.29, 1.82) is 0 Å². The molecule has 0 N–H and O–H groups in total. The molecule has 0 amide bonds. The fourth-order valence-corrected chi connectivity index (χ4v) is 5.55. The van der Waals surface area contributed by atoms with Crippen molar-refractivity contribution in [3.63, 3.8) is 0 Å². The number of rotatable bonds is 1. The van der Waals surface area contributed by atoms with E-state index in [1.807, 2.05) is 0 Å². The Labute approximate surface area is 255 Å². The van der Waals surface area contributed by atoms with E-state index in [9.17, 15) is 0 Å². The molecular weight excluding hydrogens is 583 g/mol. The van der Waals surface area contributed by atoms with Crippen molar-refractivity contribution >= 4 is 36.0 Å². The summed E-state index contributed by atoms with van der Waals surface area (Å²) in [5, 5.41) is 8.08. The van der Waals surface area contributed by atoms with Crippen LogP contribution < -0.4 is 24.8 Å². The molecule has 1 aliphatic carbocycles. The van der Waals surface area contributed by atoms with Gasteiger partial charge in [0.1, 0.15) is 0 Å². The SMILES string of the molecule is CC1=[C-]C(C)C=C1C(C)(C)C.[Cl-].[Cl-].[Zr+2]=[CH]c1cccc2ccccc12.c1ccc2c(c1)[cH-]c1ccccc12. The van der Waals surface area contributed by atoms with E-state index < -0.39 is 0 Å². The van der Waals surface area contributed by atoms with Gasteiger partial charge in [0.15, 0.2) is 0 Å². The standard InChI is InChI=1S/C13H9.C11H8.C11H17.2ClH.Zr/c1-3-7-12-10(5-1)9-11-6-2-4-8-13(11)12;1-9-5-4-7-10-6-2-3-8-11(9)10;1-8-6-9(2)10(7-8)11(3,4)5;;;/h1-9H;1-8H;7-8H,1-5H3;2*1H;/q-1;;-1;;;+2/p-2. The van der Waals surface area contributed by atoms with Gasteiger partial charge in [0, 0.05) is 0 Å². The zero-order valence-electron chi connectivity index (χ0n) is 22.7. The summed E-state index contributed by atoms with van der Waals surface area (Å²) in [4.78, 5) is 0. The van der Waals surface area contributed by atoms with Crippen LogP contribution in [-0.2, 0) is 24.2 Å². The van der Waals surface area contributed by atoms with Gasteiger partial charge in [-0.2, -0.15) is 11.6 Å². The number of hydrogen-bond acceptors (Lipinski definition) is 0. The van der Waals surface area contributed by atoms with Gasteiger partial charge < -0.3 is 24.8 Å². The monoisotopic (exact) mass is 614 g/mol. The molecule has 5 aromatic rings. The predicted molar refractivity (Wildman–Crippen MR) is 155 cm³/mol. The number of fused-ring (bicyclic) bond motifs is 4. The first-order chi connectivity index (χ1) is 17.3. The quantitative estimate of drug-likeness (QED) is 0.253. The predicted octanol–water partition coefficient (Wildman–Crippen LogP) is 3.61. The van der Waals surface area contributed by atoms with Crippen LogP contribution >= 0.6 is 0 Å². The summed E-state index contributed by atoms with van der Waals surface area (Å²) in [6, 6.07) is 34.2. The molecule has 0 fully saturated rings. The van der Waals surface area contributed by atoms with Gasteiger partial charge in [0.2, 0.25) is 0 Å². The topological polar surface area (TPSA) is 0 Å². The minimum Gasteiger partial charge on any atom is -0.126 e. The molecule has 5 aromatic carbocycles. The maximum absolute atomic E-state index is 3.40. The molecule has 6 rings (SSSR count).